The van der Waals surface area contributed by atoms with Crippen molar-refractivity contribution in [2.24, 2.45) is 0 Å². The zero-order valence-corrected chi connectivity index (χ0v) is 7.56. The molecule has 1 aromatic heterocycles. The molecule has 0 aliphatic heterocycles. The topological polar surface area (TPSA) is 58.8 Å². The molecule has 4 heteroatoms. The fourth-order valence-electron chi connectivity index (χ4n) is 1.70. The molecule has 2 N–H and O–H groups in total. The quantitative estimate of drug-likeness (QED) is 0.723. The summed E-state index contributed by atoms with van der Waals surface area (Å²) in [6, 6.07) is 0. The predicted molar refractivity (Wildman–Crippen MR) is 47.4 cm³/mol. The molecule has 0 spiro atoms. The minimum atomic E-state index is -0.923. The van der Waals surface area contributed by atoms with E-state index in [0.29, 0.717) is 10.8 Å². The van der Waals surface area contributed by atoms with Gasteiger partial charge in [-0.05, 0) is 25.7 Å². The van der Waals surface area contributed by atoms with Gasteiger partial charge in [0.2, 0.25) is 0 Å². The van der Waals surface area contributed by atoms with Gasteiger partial charge in [0.1, 0.15) is 5.60 Å². The molecule has 0 aromatic carbocycles. The van der Waals surface area contributed by atoms with Crippen LogP contribution in [0.3, 0.4) is 0 Å². The van der Waals surface area contributed by atoms with E-state index in [1.807, 2.05) is 0 Å². The molecule has 0 saturated heterocycles. The zero-order valence-electron chi connectivity index (χ0n) is 6.75. The Kier molecular flexibility index (Phi) is 1.81. The van der Waals surface area contributed by atoms with Gasteiger partial charge in [0.05, 0.1) is 5.69 Å². The molecule has 12 heavy (non-hydrogen) atoms. The van der Waals surface area contributed by atoms with Gasteiger partial charge in [0, 0.05) is 5.38 Å². The molecule has 1 fully saturated rings. The van der Waals surface area contributed by atoms with Crippen molar-refractivity contribution in [3.63, 3.8) is 0 Å². The normalized spacial score (nSPS) is 21.4. The highest BCUT2D eigenvalue weighted by Gasteiger charge is 2.37. The largest absolute Gasteiger partial charge is 0.375 e. The first-order chi connectivity index (χ1) is 5.71. The van der Waals surface area contributed by atoms with Crippen molar-refractivity contribution < 1.29 is 5.11 Å². The molecule has 1 saturated carbocycles. The molecule has 0 bridgehead atoms. The summed E-state index contributed by atoms with van der Waals surface area (Å²) in [7, 11) is 0. The number of hydrogen-bond donors (Lipinski definition) is 1. The molecule has 1 aromatic rings. The van der Waals surface area contributed by atoms with Gasteiger partial charge >= 0.3 is 0 Å². The summed E-state index contributed by atoms with van der Waals surface area (Å²) in [6.45, 7) is 0. The van der Waals surface area contributed by atoms with Gasteiger partial charge in [-0.1, -0.05) is 0 Å². The lowest BCUT2D eigenvalue weighted by Gasteiger charge is -2.15. The van der Waals surface area contributed by atoms with Gasteiger partial charge in [-0.25, -0.2) is 10.1 Å². The summed E-state index contributed by atoms with van der Waals surface area (Å²) in [6.07, 6.45) is 3.49. The fourth-order valence-corrected chi connectivity index (χ4v) is 2.35. The van der Waals surface area contributed by atoms with E-state index in [2.05, 4.69) is 4.98 Å². The zero-order chi connectivity index (χ0) is 8.60. The summed E-state index contributed by atoms with van der Waals surface area (Å²) in [4.78, 5) is 4.05. The molecular formula is C8H11N2OS. The second-order valence-electron chi connectivity index (χ2n) is 3.27. The van der Waals surface area contributed by atoms with Crippen LogP contribution >= 0.6 is 11.3 Å². The van der Waals surface area contributed by atoms with Crippen molar-refractivity contribution in [2.75, 3.05) is 5.73 Å². The molecule has 1 aliphatic rings. The van der Waals surface area contributed by atoms with Gasteiger partial charge < -0.3 is 5.73 Å². The Bertz CT molecular complexity index is 278. The van der Waals surface area contributed by atoms with Gasteiger partial charge in [0.25, 0.3) is 0 Å². The molecule has 3 nitrogen and oxygen atoms in total. The van der Waals surface area contributed by atoms with Crippen molar-refractivity contribution in [3.8, 4) is 0 Å². The summed E-state index contributed by atoms with van der Waals surface area (Å²) < 4.78 is 0. The van der Waals surface area contributed by atoms with Crippen LogP contribution in [-0.4, -0.2) is 4.98 Å². The lowest BCUT2D eigenvalue weighted by Crippen LogP contribution is -2.19. The third-order valence-corrected chi connectivity index (χ3v) is 3.07. The number of nitrogen functional groups attached to an aromatic ring is 1. The molecule has 2 rings (SSSR count). The van der Waals surface area contributed by atoms with Gasteiger partial charge in [-0.3, -0.25) is 0 Å². The Labute approximate surface area is 75.2 Å². The molecule has 0 amide bonds. The number of hydrogen-bond acceptors (Lipinski definition) is 3. The standard InChI is InChI=1S/C8H11N2OS/c9-7-10-6(5-12-7)8(11)3-1-2-4-8/h5H,1-4H2,(H2,9,10). The second-order valence-corrected chi connectivity index (χ2v) is 4.16. The number of rotatable bonds is 1. The van der Waals surface area contributed by atoms with Gasteiger partial charge in [0.15, 0.2) is 5.13 Å². The molecule has 0 atom stereocenters. The monoisotopic (exact) mass is 183 g/mol. The van der Waals surface area contributed by atoms with Crippen LogP contribution in [0.4, 0.5) is 5.13 Å². The van der Waals surface area contributed by atoms with Crippen LogP contribution in [0, 0.1) is 0 Å². The summed E-state index contributed by atoms with van der Waals surface area (Å²) in [5.74, 6) is 0. The first-order valence-corrected chi connectivity index (χ1v) is 5.01. The van der Waals surface area contributed by atoms with E-state index in [9.17, 15) is 5.11 Å². The molecule has 0 unspecified atom stereocenters. The van der Waals surface area contributed by atoms with Crippen molar-refractivity contribution in [2.45, 2.75) is 31.3 Å². The molecule has 1 heterocycles. The molecule has 65 valence electrons. The summed E-state index contributed by atoms with van der Waals surface area (Å²) in [5, 5.41) is 14.3. The van der Waals surface area contributed by atoms with Crippen LogP contribution in [0.1, 0.15) is 31.4 Å². The number of anilines is 1. The van der Waals surface area contributed by atoms with E-state index in [1.54, 1.807) is 5.38 Å². The average molecular weight is 183 g/mol. The van der Waals surface area contributed by atoms with E-state index in [4.69, 9.17) is 5.73 Å². The first-order valence-electron chi connectivity index (χ1n) is 4.13. The van der Waals surface area contributed by atoms with Crippen LogP contribution in [0.5, 0.6) is 0 Å². The van der Waals surface area contributed by atoms with Crippen molar-refractivity contribution in [3.05, 3.63) is 11.1 Å². The molecule has 1 radical (unpaired) electrons. The van der Waals surface area contributed by atoms with Crippen LogP contribution in [-0.2, 0) is 10.7 Å². The lowest BCUT2D eigenvalue weighted by atomic mass is 9.99. The maximum atomic E-state index is 12.0. The van der Waals surface area contributed by atoms with E-state index < -0.39 is 5.60 Å². The second kappa shape index (κ2) is 2.71. The Morgan fingerprint density at radius 1 is 1.50 bits per heavy atom. The average Bonchev–Trinajstić information content (AvgIpc) is 2.59. The van der Waals surface area contributed by atoms with Gasteiger partial charge in [-0.15, -0.1) is 11.3 Å². The van der Waals surface area contributed by atoms with Crippen LogP contribution < -0.4 is 5.73 Å². The minimum absolute atomic E-state index is 0.507. The Hall–Kier alpha value is -0.610. The number of aromatic nitrogens is 1. The molecular weight excluding hydrogens is 172 g/mol. The predicted octanol–water partition coefficient (Wildman–Crippen LogP) is 1.93. The lowest BCUT2D eigenvalue weighted by molar-refractivity contribution is -0.0320. The van der Waals surface area contributed by atoms with Crippen molar-refractivity contribution in [1.29, 1.82) is 0 Å². The first kappa shape index (κ1) is 8.01. The Balaban J connectivity index is 2.28. The highest BCUT2D eigenvalue weighted by Crippen LogP contribution is 2.39. The Morgan fingerprint density at radius 2 is 2.17 bits per heavy atom. The third kappa shape index (κ3) is 1.21. The third-order valence-electron chi connectivity index (χ3n) is 2.40. The smallest absolute Gasteiger partial charge is 0.180 e. The number of thiazole rings is 1. The van der Waals surface area contributed by atoms with E-state index in [-0.39, 0.29) is 0 Å². The van der Waals surface area contributed by atoms with Crippen molar-refractivity contribution >= 4 is 16.5 Å². The SMILES string of the molecule is Nc1nc(C2([O])CCCC2)cs1. The maximum Gasteiger partial charge on any atom is 0.180 e. The number of nitrogens with two attached hydrogens (primary N) is 1. The molecule has 1 aliphatic carbocycles. The van der Waals surface area contributed by atoms with E-state index >= 15 is 0 Å². The van der Waals surface area contributed by atoms with E-state index in [1.165, 1.54) is 11.3 Å². The van der Waals surface area contributed by atoms with Gasteiger partial charge in [-0.2, -0.15) is 0 Å². The summed E-state index contributed by atoms with van der Waals surface area (Å²) in [5.41, 5.74) is 5.21. The fraction of sp³-hybridized carbons (Fsp3) is 0.625. The minimum Gasteiger partial charge on any atom is -0.375 e. The van der Waals surface area contributed by atoms with Crippen LogP contribution in [0.15, 0.2) is 5.38 Å². The van der Waals surface area contributed by atoms with E-state index in [0.717, 1.165) is 25.7 Å². The van der Waals surface area contributed by atoms with Crippen LogP contribution in [0.2, 0.25) is 0 Å². The highest BCUT2D eigenvalue weighted by molar-refractivity contribution is 7.13. The Morgan fingerprint density at radius 3 is 2.67 bits per heavy atom. The maximum absolute atomic E-state index is 12.0. The van der Waals surface area contributed by atoms with Crippen LogP contribution in [0.25, 0.3) is 0 Å². The summed E-state index contributed by atoms with van der Waals surface area (Å²) >= 11 is 1.36. The van der Waals surface area contributed by atoms with Crippen molar-refractivity contribution in [1.82, 2.24) is 4.98 Å². The highest BCUT2D eigenvalue weighted by atomic mass is 32.1. The number of nitrogens with zero attached hydrogens (tertiary/aromatic N) is 1.